The van der Waals surface area contributed by atoms with Gasteiger partial charge in [0.2, 0.25) is 0 Å². The molecule has 1 aromatic carbocycles. The van der Waals surface area contributed by atoms with E-state index in [0.29, 0.717) is 0 Å². The number of hydrogen-bond acceptors (Lipinski definition) is 1. The van der Waals surface area contributed by atoms with Gasteiger partial charge in [-0.15, -0.1) is 0 Å². The van der Waals surface area contributed by atoms with Gasteiger partial charge in [0.15, 0.2) is 0 Å². The van der Waals surface area contributed by atoms with E-state index in [9.17, 15) is 0 Å². The minimum absolute atomic E-state index is 0.884. The van der Waals surface area contributed by atoms with Gasteiger partial charge >= 0.3 is 77.2 Å². The molecule has 0 amide bonds. The summed E-state index contributed by atoms with van der Waals surface area (Å²) in [6.07, 6.45) is 0. The molecule has 0 saturated carbocycles. The second kappa shape index (κ2) is 4.71. The number of benzene rings is 1. The van der Waals surface area contributed by atoms with Crippen LogP contribution < -0.4 is 4.74 Å². The number of hydrogen-bond donors (Lipinski definition) is 0. The van der Waals surface area contributed by atoms with Crippen molar-refractivity contribution in [2.24, 2.45) is 0 Å². The van der Waals surface area contributed by atoms with Crippen LogP contribution in [0, 0.1) is 0 Å². The molecule has 1 rings (SSSR count). The van der Waals surface area contributed by atoms with Gasteiger partial charge in [0.1, 0.15) is 0 Å². The quantitative estimate of drug-likeness (QED) is 0.762. The van der Waals surface area contributed by atoms with Crippen LogP contribution in [0.15, 0.2) is 30.3 Å². The first-order valence-electron chi connectivity index (χ1n) is 3.31. The van der Waals surface area contributed by atoms with E-state index >= 15 is 0 Å². The Bertz CT molecular complexity index is 174. The average molecular weight is 329 g/mol. The third-order valence-corrected chi connectivity index (χ3v) is 2.05. The Labute approximate surface area is 77.1 Å². The first kappa shape index (κ1) is 8.04. The molecule has 0 atom stereocenters. The van der Waals surface area contributed by atoms with E-state index in [1.807, 2.05) is 30.3 Å². The van der Waals surface area contributed by atoms with E-state index in [4.69, 9.17) is 4.74 Å². The molecule has 0 bridgehead atoms. The van der Waals surface area contributed by atoms with E-state index in [0.717, 1.165) is 38.1 Å². The molecule has 0 spiro atoms. The molecular formula is C8H10OPb. The Hall–Kier alpha value is -0.0579. The SMILES string of the molecule is [PbH][CH2]COc1ccccc1. The summed E-state index contributed by atoms with van der Waals surface area (Å²) >= 11 is 1.05. The van der Waals surface area contributed by atoms with Crippen LogP contribution in [0.2, 0.25) is 3.98 Å². The summed E-state index contributed by atoms with van der Waals surface area (Å²) in [5.41, 5.74) is 0. The standard InChI is InChI=1S/C8H9O.Pb.H/c1-2-9-8-6-4-3-5-7-8;;/h3-7H,1-2H2;;. The van der Waals surface area contributed by atoms with Crippen LogP contribution in [-0.2, 0) is 0 Å². The Morgan fingerprint density at radius 2 is 1.90 bits per heavy atom. The topological polar surface area (TPSA) is 9.23 Å². The summed E-state index contributed by atoms with van der Waals surface area (Å²) in [4.78, 5) is 0. The molecule has 2 heteroatoms. The molecule has 1 nitrogen and oxygen atoms in total. The number of para-hydroxylation sites is 1. The Kier molecular flexibility index (Phi) is 3.79. The van der Waals surface area contributed by atoms with Crippen LogP contribution >= 0.6 is 0 Å². The fourth-order valence-corrected chi connectivity index (χ4v) is 1.15. The van der Waals surface area contributed by atoms with Crippen molar-refractivity contribution in [1.29, 1.82) is 0 Å². The zero-order valence-corrected chi connectivity index (χ0v) is 10.3. The van der Waals surface area contributed by atoms with Gasteiger partial charge in [-0.05, 0) is 0 Å². The van der Waals surface area contributed by atoms with Crippen molar-refractivity contribution < 1.29 is 4.74 Å². The summed E-state index contributed by atoms with van der Waals surface area (Å²) in [6.45, 7) is 0.884. The van der Waals surface area contributed by atoms with Crippen LogP contribution in [0.25, 0.3) is 0 Å². The monoisotopic (exact) mass is 330 g/mol. The maximum atomic E-state index is 5.40. The van der Waals surface area contributed by atoms with Gasteiger partial charge in [-0.1, -0.05) is 0 Å². The van der Waals surface area contributed by atoms with Crippen molar-refractivity contribution in [1.82, 2.24) is 0 Å². The van der Waals surface area contributed by atoms with E-state index in [1.165, 1.54) is 3.98 Å². The zero-order valence-electron chi connectivity index (χ0n) is 5.79. The van der Waals surface area contributed by atoms with Crippen molar-refractivity contribution in [3.8, 4) is 5.75 Å². The molecule has 0 N–H and O–H groups in total. The molecule has 0 unspecified atom stereocenters. The van der Waals surface area contributed by atoms with Gasteiger partial charge in [0.05, 0.1) is 0 Å². The van der Waals surface area contributed by atoms with Crippen LogP contribution in [0.5, 0.6) is 5.75 Å². The summed E-state index contributed by atoms with van der Waals surface area (Å²) in [5.74, 6) is 0.989. The fourth-order valence-electron chi connectivity index (χ4n) is 0.693. The third kappa shape index (κ3) is 2.68. The van der Waals surface area contributed by atoms with Crippen LogP contribution in [-0.4, -0.2) is 32.4 Å². The number of ether oxygens (including phenoxy) is 1. The fraction of sp³-hybridized carbons (Fsp3) is 0.250. The first-order valence-corrected chi connectivity index (χ1v) is 6.49. The molecular weight excluding hydrogens is 319 g/mol. The summed E-state index contributed by atoms with van der Waals surface area (Å²) in [6, 6.07) is 9.95. The van der Waals surface area contributed by atoms with Crippen molar-refractivity contribution in [3.63, 3.8) is 0 Å². The molecule has 0 heterocycles. The summed E-state index contributed by atoms with van der Waals surface area (Å²) < 4.78 is 6.63. The van der Waals surface area contributed by atoms with Crippen LogP contribution in [0.1, 0.15) is 0 Å². The molecule has 0 saturated heterocycles. The predicted molar refractivity (Wildman–Crippen MR) is 43.9 cm³/mol. The molecule has 0 aromatic heterocycles. The average Bonchev–Trinajstić information content (AvgIpc) is 2.03. The van der Waals surface area contributed by atoms with Crippen molar-refractivity contribution in [3.05, 3.63) is 30.3 Å². The van der Waals surface area contributed by atoms with Gasteiger partial charge in [0.25, 0.3) is 0 Å². The van der Waals surface area contributed by atoms with Gasteiger partial charge in [-0.2, -0.15) is 0 Å². The Morgan fingerprint density at radius 1 is 1.20 bits per heavy atom. The maximum absolute atomic E-state index is 5.40. The minimum atomic E-state index is 0.884. The molecule has 52 valence electrons. The predicted octanol–water partition coefficient (Wildman–Crippen LogP) is 1.38. The van der Waals surface area contributed by atoms with Crippen LogP contribution in [0.3, 0.4) is 0 Å². The van der Waals surface area contributed by atoms with Crippen molar-refractivity contribution >= 4 is 25.8 Å². The van der Waals surface area contributed by atoms with E-state index < -0.39 is 0 Å². The molecule has 0 fully saturated rings. The van der Waals surface area contributed by atoms with Gasteiger partial charge in [0, 0.05) is 0 Å². The summed E-state index contributed by atoms with van der Waals surface area (Å²) in [7, 11) is 0. The number of rotatable bonds is 3. The van der Waals surface area contributed by atoms with E-state index in [2.05, 4.69) is 0 Å². The second-order valence-electron chi connectivity index (χ2n) is 1.95. The molecule has 1 aromatic rings. The third-order valence-electron chi connectivity index (χ3n) is 1.13. The van der Waals surface area contributed by atoms with Gasteiger partial charge in [-0.3, -0.25) is 0 Å². The summed E-state index contributed by atoms with van der Waals surface area (Å²) in [5, 5.41) is 0. The molecule has 2 radical (unpaired) electrons. The second-order valence-corrected chi connectivity index (χ2v) is 4.19. The molecule has 0 aliphatic carbocycles. The van der Waals surface area contributed by atoms with Crippen molar-refractivity contribution in [2.75, 3.05) is 6.61 Å². The molecule has 0 aliphatic rings. The Balaban J connectivity index is 2.43. The van der Waals surface area contributed by atoms with Crippen LogP contribution in [0.4, 0.5) is 0 Å². The normalized spacial score (nSPS) is 9.30. The van der Waals surface area contributed by atoms with E-state index in [1.54, 1.807) is 0 Å². The molecule has 10 heavy (non-hydrogen) atoms. The van der Waals surface area contributed by atoms with Gasteiger partial charge < -0.3 is 0 Å². The first-order chi connectivity index (χ1) is 4.93. The molecule has 0 aliphatic heterocycles. The zero-order chi connectivity index (χ0) is 7.23. The van der Waals surface area contributed by atoms with Crippen molar-refractivity contribution in [2.45, 2.75) is 3.98 Å². The van der Waals surface area contributed by atoms with Gasteiger partial charge in [-0.25, -0.2) is 0 Å². The Morgan fingerprint density at radius 3 is 2.50 bits per heavy atom. The van der Waals surface area contributed by atoms with E-state index in [-0.39, 0.29) is 0 Å².